The molecule has 0 saturated carbocycles. The SMILES string of the molecule is CCc1ccccc1N(Cc1ccc(C(=O)NCCOc2ccc(OC)cc2)cc1)S(C)(=O)=O. The summed E-state index contributed by atoms with van der Waals surface area (Å²) in [6.45, 7) is 2.86. The smallest absolute Gasteiger partial charge is 0.251 e. The average Bonchev–Trinajstić information content (AvgIpc) is 2.85. The summed E-state index contributed by atoms with van der Waals surface area (Å²) in [5, 5.41) is 2.82. The van der Waals surface area contributed by atoms with Gasteiger partial charge in [0, 0.05) is 5.56 Å². The number of aryl methyl sites for hydroxylation is 1. The van der Waals surface area contributed by atoms with E-state index >= 15 is 0 Å². The molecule has 0 fully saturated rings. The molecule has 0 spiro atoms. The molecule has 0 aliphatic carbocycles. The van der Waals surface area contributed by atoms with Crippen LogP contribution >= 0.6 is 0 Å². The normalized spacial score (nSPS) is 11.0. The van der Waals surface area contributed by atoms with Crippen LogP contribution in [0.3, 0.4) is 0 Å². The number of hydrogen-bond donors (Lipinski definition) is 1. The number of nitrogens with one attached hydrogen (secondary N) is 1. The second-order valence-electron chi connectivity index (χ2n) is 7.73. The molecule has 0 saturated heterocycles. The van der Waals surface area contributed by atoms with E-state index in [1.165, 1.54) is 10.6 Å². The molecule has 3 aromatic rings. The summed E-state index contributed by atoms with van der Waals surface area (Å²) in [6.07, 6.45) is 1.93. The van der Waals surface area contributed by atoms with E-state index in [-0.39, 0.29) is 12.5 Å². The molecule has 0 bridgehead atoms. The van der Waals surface area contributed by atoms with Gasteiger partial charge in [0.15, 0.2) is 0 Å². The van der Waals surface area contributed by atoms with Gasteiger partial charge in [0.1, 0.15) is 18.1 Å². The van der Waals surface area contributed by atoms with Gasteiger partial charge in [0.05, 0.1) is 32.1 Å². The molecule has 7 nitrogen and oxygen atoms in total. The first-order valence-electron chi connectivity index (χ1n) is 11.0. The van der Waals surface area contributed by atoms with Gasteiger partial charge in [-0.3, -0.25) is 9.10 Å². The fourth-order valence-electron chi connectivity index (χ4n) is 3.47. The fraction of sp³-hybridized carbons (Fsp3) is 0.269. The first kappa shape index (κ1) is 25.1. The van der Waals surface area contributed by atoms with Gasteiger partial charge in [-0.2, -0.15) is 0 Å². The lowest BCUT2D eigenvalue weighted by molar-refractivity contribution is 0.0947. The van der Waals surface area contributed by atoms with E-state index in [9.17, 15) is 13.2 Å². The number of ether oxygens (including phenoxy) is 2. The zero-order valence-electron chi connectivity index (χ0n) is 19.7. The largest absolute Gasteiger partial charge is 0.497 e. The number of benzene rings is 3. The number of sulfonamides is 1. The molecule has 8 heteroatoms. The quantitative estimate of drug-likeness (QED) is 0.417. The van der Waals surface area contributed by atoms with Crippen molar-refractivity contribution < 1.29 is 22.7 Å². The van der Waals surface area contributed by atoms with Crippen LogP contribution in [0.2, 0.25) is 0 Å². The molecule has 0 aliphatic rings. The number of para-hydroxylation sites is 1. The topological polar surface area (TPSA) is 84.9 Å². The molecular formula is C26H30N2O5S. The summed E-state index contributed by atoms with van der Waals surface area (Å²) in [7, 11) is -1.88. The van der Waals surface area contributed by atoms with Crippen LogP contribution < -0.4 is 19.1 Å². The van der Waals surface area contributed by atoms with Crippen LogP contribution in [-0.2, 0) is 23.0 Å². The van der Waals surface area contributed by atoms with Crippen molar-refractivity contribution in [1.29, 1.82) is 0 Å². The van der Waals surface area contributed by atoms with Crippen molar-refractivity contribution in [2.75, 3.05) is 30.8 Å². The number of amides is 1. The van der Waals surface area contributed by atoms with Gasteiger partial charge in [0.25, 0.3) is 5.91 Å². The van der Waals surface area contributed by atoms with Crippen LogP contribution in [0.5, 0.6) is 11.5 Å². The predicted molar refractivity (Wildman–Crippen MR) is 134 cm³/mol. The highest BCUT2D eigenvalue weighted by Gasteiger charge is 2.20. The van der Waals surface area contributed by atoms with Gasteiger partial charge in [-0.05, 0) is 60.0 Å². The number of nitrogens with zero attached hydrogens (tertiary/aromatic N) is 1. The van der Waals surface area contributed by atoms with Crippen LogP contribution in [-0.4, -0.2) is 40.8 Å². The third kappa shape index (κ3) is 6.74. The van der Waals surface area contributed by atoms with Gasteiger partial charge >= 0.3 is 0 Å². The third-order valence-corrected chi connectivity index (χ3v) is 6.43. The number of anilines is 1. The summed E-state index contributed by atoms with van der Waals surface area (Å²) in [4.78, 5) is 12.4. The van der Waals surface area contributed by atoms with Crippen LogP contribution in [0, 0.1) is 0 Å². The standard InChI is InChI=1S/C26H30N2O5S/c1-4-21-7-5-6-8-25(21)28(34(3,30)31)19-20-9-11-22(12-10-20)26(29)27-17-18-33-24-15-13-23(32-2)14-16-24/h5-16H,4,17-19H2,1-3H3,(H,27,29). The molecule has 0 unspecified atom stereocenters. The minimum atomic E-state index is -3.48. The van der Waals surface area contributed by atoms with E-state index in [2.05, 4.69) is 5.32 Å². The van der Waals surface area contributed by atoms with Crippen molar-refractivity contribution in [2.45, 2.75) is 19.9 Å². The first-order valence-corrected chi connectivity index (χ1v) is 12.9. The Morgan fingerprint density at radius 3 is 2.21 bits per heavy atom. The van der Waals surface area contributed by atoms with Crippen LogP contribution in [0.25, 0.3) is 0 Å². The van der Waals surface area contributed by atoms with Crippen molar-refractivity contribution in [3.63, 3.8) is 0 Å². The minimum Gasteiger partial charge on any atom is -0.497 e. The Morgan fingerprint density at radius 1 is 0.941 bits per heavy atom. The Morgan fingerprint density at radius 2 is 1.59 bits per heavy atom. The second kappa shape index (κ2) is 11.6. The molecule has 3 aromatic carbocycles. The summed E-state index contributed by atoms with van der Waals surface area (Å²) in [5.41, 5.74) is 2.91. The maximum absolute atomic E-state index is 12.5. The lowest BCUT2D eigenvalue weighted by atomic mass is 10.1. The third-order valence-electron chi connectivity index (χ3n) is 5.30. The summed E-state index contributed by atoms with van der Waals surface area (Å²) >= 11 is 0. The Hall–Kier alpha value is -3.52. The highest BCUT2D eigenvalue weighted by Crippen LogP contribution is 2.25. The number of carbonyl (C=O) groups is 1. The molecule has 0 heterocycles. The van der Waals surface area contributed by atoms with Gasteiger partial charge < -0.3 is 14.8 Å². The van der Waals surface area contributed by atoms with Gasteiger partial charge in [-0.25, -0.2) is 8.42 Å². The van der Waals surface area contributed by atoms with Crippen molar-refractivity contribution >= 4 is 21.6 Å². The number of carbonyl (C=O) groups excluding carboxylic acids is 1. The highest BCUT2D eigenvalue weighted by molar-refractivity contribution is 7.92. The number of methoxy groups -OCH3 is 1. The Bertz CT molecular complexity index is 1190. The van der Waals surface area contributed by atoms with Crippen molar-refractivity contribution in [1.82, 2.24) is 5.32 Å². The molecule has 3 rings (SSSR count). The molecule has 0 radical (unpaired) electrons. The first-order chi connectivity index (χ1) is 16.3. The van der Waals surface area contributed by atoms with Crippen molar-refractivity contribution in [3.8, 4) is 11.5 Å². The summed E-state index contributed by atoms with van der Waals surface area (Å²) < 4.78 is 37.1. The number of rotatable bonds is 11. The lowest BCUT2D eigenvalue weighted by Crippen LogP contribution is -2.30. The highest BCUT2D eigenvalue weighted by atomic mass is 32.2. The van der Waals surface area contributed by atoms with Crippen LogP contribution in [0.1, 0.15) is 28.4 Å². The zero-order valence-corrected chi connectivity index (χ0v) is 20.5. The Labute approximate surface area is 201 Å². The van der Waals surface area contributed by atoms with E-state index in [0.29, 0.717) is 30.2 Å². The van der Waals surface area contributed by atoms with Crippen LogP contribution in [0.15, 0.2) is 72.8 Å². The second-order valence-corrected chi connectivity index (χ2v) is 9.64. The van der Waals surface area contributed by atoms with E-state index in [0.717, 1.165) is 23.3 Å². The minimum absolute atomic E-state index is 0.188. The molecular weight excluding hydrogens is 452 g/mol. The van der Waals surface area contributed by atoms with Gasteiger partial charge in [0.2, 0.25) is 10.0 Å². The summed E-state index contributed by atoms with van der Waals surface area (Å²) in [6, 6.07) is 21.6. The number of hydrogen-bond acceptors (Lipinski definition) is 5. The summed E-state index contributed by atoms with van der Waals surface area (Å²) in [5.74, 6) is 1.22. The van der Waals surface area contributed by atoms with Gasteiger partial charge in [-0.1, -0.05) is 37.3 Å². The average molecular weight is 483 g/mol. The van der Waals surface area contributed by atoms with Crippen molar-refractivity contribution in [2.24, 2.45) is 0 Å². The van der Waals surface area contributed by atoms with E-state index in [1.807, 2.05) is 31.2 Å². The lowest BCUT2D eigenvalue weighted by Gasteiger charge is -2.25. The molecule has 180 valence electrons. The van der Waals surface area contributed by atoms with Crippen molar-refractivity contribution in [3.05, 3.63) is 89.5 Å². The molecule has 34 heavy (non-hydrogen) atoms. The monoisotopic (exact) mass is 482 g/mol. The maximum Gasteiger partial charge on any atom is 0.251 e. The fourth-order valence-corrected chi connectivity index (χ4v) is 4.39. The molecule has 0 aromatic heterocycles. The van der Waals surface area contributed by atoms with Crippen LogP contribution in [0.4, 0.5) is 5.69 Å². The zero-order chi connectivity index (χ0) is 24.6. The Balaban J connectivity index is 1.58. The van der Waals surface area contributed by atoms with Gasteiger partial charge in [-0.15, -0.1) is 0 Å². The molecule has 0 atom stereocenters. The Kier molecular flexibility index (Phi) is 8.54. The van der Waals surface area contributed by atoms with E-state index in [4.69, 9.17) is 9.47 Å². The molecule has 0 aliphatic heterocycles. The molecule has 1 N–H and O–H groups in total. The maximum atomic E-state index is 12.5. The van der Waals surface area contributed by atoms with E-state index < -0.39 is 10.0 Å². The predicted octanol–water partition coefficient (Wildman–Crippen LogP) is 4.03. The molecule has 1 amide bonds. The van der Waals surface area contributed by atoms with E-state index in [1.54, 1.807) is 55.6 Å².